The van der Waals surface area contributed by atoms with Crippen molar-refractivity contribution in [3.8, 4) is 0 Å². The largest absolute Gasteiger partial charge is 0.0651 e. The molecule has 0 aliphatic heterocycles. The molecule has 0 heteroatoms. The van der Waals surface area contributed by atoms with Crippen LogP contribution in [0.25, 0.3) is 0 Å². The van der Waals surface area contributed by atoms with E-state index in [2.05, 4.69) is 55.4 Å². The third-order valence-electron chi connectivity index (χ3n) is 35.7. The van der Waals surface area contributed by atoms with Crippen LogP contribution in [0.3, 0.4) is 0 Å². The molecule has 0 radical (unpaired) electrons. The van der Waals surface area contributed by atoms with Crippen molar-refractivity contribution in [1.82, 2.24) is 0 Å². The van der Waals surface area contributed by atoms with Crippen molar-refractivity contribution in [2.75, 3.05) is 0 Å². The van der Waals surface area contributed by atoms with Gasteiger partial charge in [-0.05, 0) is 352 Å². The second kappa shape index (κ2) is 19.8. The highest BCUT2D eigenvalue weighted by Crippen LogP contribution is 2.83. The van der Waals surface area contributed by atoms with Crippen LogP contribution in [-0.4, -0.2) is 0 Å². The summed E-state index contributed by atoms with van der Waals surface area (Å²) in [7, 11) is 0. The summed E-state index contributed by atoms with van der Waals surface area (Å²) >= 11 is 0. The molecule has 20 rings (SSSR count). The van der Waals surface area contributed by atoms with Crippen LogP contribution < -0.4 is 0 Å². The molecule has 0 N–H and O–H groups in total. The topological polar surface area (TPSA) is 0 Å². The molecule has 0 aromatic rings. The third kappa shape index (κ3) is 6.95. The summed E-state index contributed by atoms with van der Waals surface area (Å²) in [6.45, 7) is 19.7. The number of hydrogen-bond acceptors (Lipinski definition) is 0. The second-order valence-electron chi connectivity index (χ2n) is 35.6. The van der Waals surface area contributed by atoms with Crippen molar-refractivity contribution >= 4 is 0 Å². The van der Waals surface area contributed by atoms with E-state index in [0.717, 1.165) is 59.2 Å². The summed E-state index contributed by atoms with van der Waals surface area (Å²) < 4.78 is 0. The Hall–Kier alpha value is 0. The zero-order valence-corrected chi connectivity index (χ0v) is 52.3. The Morgan fingerprint density at radius 2 is 0.321 bits per heavy atom. The molecule has 0 spiro atoms. The zero-order valence-electron chi connectivity index (χ0n) is 52.3. The minimum atomic E-state index is 1.10. The second-order valence-corrected chi connectivity index (χ2v) is 35.6. The monoisotopic (exact) mass is 1060 g/mol. The summed E-state index contributed by atoms with van der Waals surface area (Å²) in [6, 6.07) is 0. The van der Waals surface area contributed by atoms with Crippen LogP contribution in [0.4, 0.5) is 0 Å². The predicted molar refractivity (Wildman–Crippen MR) is 324 cm³/mol. The zero-order chi connectivity index (χ0) is 52.3. The standard InChI is InChI=1S/C27H40.C22H34.C17H28.C12H22/c1-3-12-8-13(4-2)23-19-10-18(22(12)23)26-20-11-21(27(19)26)25-17-9-16(24(20)25)14-6-5-7-15(14)17;1-3-11-8-12(4-2)20-18-10-17(19(11)20)21-15-9-16(22(18)21)14-7-5-6-13(14)15;1-3-10-8-11(4-2)17-15-9-14(16(10)17)12-6-5-7-13(12)15;1-3-9-8-10(4-2)12-7-5-6-11(9)12/h12-27H,3-11H2,1-2H3;11-22H,3-10H2,1-2H3;10-17H,3-9H2,1-2H3;9-12H,3-8H2,1-2H3. The van der Waals surface area contributed by atoms with Crippen LogP contribution >= 0.6 is 0 Å². The lowest BCUT2D eigenvalue weighted by Gasteiger charge is -2.51. The average Bonchev–Trinajstić information content (AvgIpc) is 2.59. The molecule has 40 unspecified atom stereocenters. The maximum Gasteiger partial charge on any atom is -0.0318 e. The number of rotatable bonds is 8. The van der Waals surface area contributed by atoms with Crippen LogP contribution in [0, 0.1) is 237 Å². The van der Waals surface area contributed by atoms with Crippen molar-refractivity contribution in [3.63, 3.8) is 0 Å². The van der Waals surface area contributed by atoms with Gasteiger partial charge < -0.3 is 0 Å². The minimum Gasteiger partial charge on any atom is -0.0651 e. The summed E-state index contributed by atoms with van der Waals surface area (Å²) in [4.78, 5) is 0. The first kappa shape index (κ1) is 52.3. The Labute approximate surface area is 482 Å². The van der Waals surface area contributed by atoms with Gasteiger partial charge in [0.15, 0.2) is 0 Å². The molecule has 12 bridgehead atoms. The van der Waals surface area contributed by atoms with E-state index in [1.54, 1.807) is 135 Å². The molecular formula is C78H124. The van der Waals surface area contributed by atoms with Crippen molar-refractivity contribution in [2.24, 2.45) is 237 Å². The lowest BCUT2D eigenvalue weighted by molar-refractivity contribution is -0.0407. The number of hydrogen-bond donors (Lipinski definition) is 0. The van der Waals surface area contributed by atoms with Crippen molar-refractivity contribution < 1.29 is 0 Å². The maximum absolute atomic E-state index is 2.52. The highest BCUT2D eigenvalue weighted by molar-refractivity contribution is 5.25. The molecule has 20 saturated carbocycles. The average molecular weight is 1060 g/mol. The fraction of sp³-hybridized carbons (Fsp3) is 1.00. The SMILES string of the molecule is CCC1CC(CC)C2C3CC(C12)C1C2CC(C4C5CC(C6CCCC65)C24)C31.CCC1CC(CC)C2C3CC(C12)C1C2CC(C4CCCC42)C31.CCC1CC(CC)C2C3CC(C4CCCC43)C12.CCC1CC(CC)C2CCCC12. The van der Waals surface area contributed by atoms with E-state index in [1.807, 2.05) is 0 Å². The Balaban J connectivity index is 0.0000000874. The van der Waals surface area contributed by atoms with E-state index in [9.17, 15) is 0 Å². The maximum atomic E-state index is 2.52. The van der Waals surface area contributed by atoms with Crippen LogP contribution in [0.15, 0.2) is 0 Å². The fourth-order valence-electron chi connectivity index (χ4n) is 34.9. The molecule has 0 heterocycles. The van der Waals surface area contributed by atoms with E-state index in [4.69, 9.17) is 0 Å². The number of fused-ring (bicyclic) bond motifs is 46. The summed E-state index contributed by atoms with van der Waals surface area (Å²) in [5.41, 5.74) is 0. The Bertz CT molecular complexity index is 2030. The highest BCUT2D eigenvalue weighted by atomic mass is 14.8. The molecule has 40 atom stereocenters. The first-order valence-electron chi connectivity index (χ1n) is 38.4. The van der Waals surface area contributed by atoms with Gasteiger partial charge in [0.25, 0.3) is 0 Å². The minimum absolute atomic E-state index is 1.10. The molecule has 0 amide bonds. The van der Waals surface area contributed by atoms with Gasteiger partial charge in [0.1, 0.15) is 0 Å². The predicted octanol–water partition coefficient (Wildman–Crippen LogP) is 20.7. The van der Waals surface area contributed by atoms with E-state index < -0.39 is 0 Å². The molecule has 78 heavy (non-hydrogen) atoms. The van der Waals surface area contributed by atoms with Crippen molar-refractivity contribution in [3.05, 3.63) is 0 Å². The highest BCUT2D eigenvalue weighted by Gasteiger charge is 2.77. The van der Waals surface area contributed by atoms with Crippen LogP contribution in [0.2, 0.25) is 0 Å². The van der Waals surface area contributed by atoms with Gasteiger partial charge in [-0.15, -0.1) is 0 Å². The quantitative estimate of drug-likeness (QED) is 0.213. The van der Waals surface area contributed by atoms with E-state index in [-0.39, 0.29) is 0 Å². The van der Waals surface area contributed by atoms with Gasteiger partial charge in [-0.1, -0.05) is 132 Å². The normalized spacial score (nSPS) is 63.7. The van der Waals surface area contributed by atoms with Gasteiger partial charge in [0, 0.05) is 0 Å². The first-order valence-corrected chi connectivity index (χ1v) is 38.4. The lowest BCUT2D eigenvalue weighted by Crippen LogP contribution is -2.47. The first-order chi connectivity index (χ1) is 38.4. The van der Waals surface area contributed by atoms with Crippen LogP contribution in [0.1, 0.15) is 248 Å². The van der Waals surface area contributed by atoms with Gasteiger partial charge in [0.05, 0.1) is 0 Å². The molecule has 436 valence electrons. The summed E-state index contributed by atoms with van der Waals surface area (Å²) in [5, 5.41) is 0. The molecule has 20 aliphatic rings. The Kier molecular flexibility index (Phi) is 13.3. The van der Waals surface area contributed by atoms with Gasteiger partial charge in [0.2, 0.25) is 0 Å². The molecule has 0 saturated heterocycles. The summed E-state index contributed by atoms with van der Waals surface area (Å²) in [5.74, 6) is 47.2. The van der Waals surface area contributed by atoms with E-state index in [1.165, 1.54) is 235 Å². The lowest BCUT2D eigenvalue weighted by atomic mass is 9.54. The molecule has 0 nitrogen and oxygen atoms in total. The Morgan fingerprint density at radius 1 is 0.154 bits per heavy atom. The fourth-order valence-corrected chi connectivity index (χ4v) is 34.9. The third-order valence-corrected chi connectivity index (χ3v) is 35.7. The van der Waals surface area contributed by atoms with Gasteiger partial charge in [-0.25, -0.2) is 0 Å². The molecule has 20 fully saturated rings. The Morgan fingerprint density at radius 3 is 0.564 bits per heavy atom. The van der Waals surface area contributed by atoms with Crippen LogP contribution in [0.5, 0.6) is 0 Å². The van der Waals surface area contributed by atoms with Crippen molar-refractivity contribution in [1.29, 1.82) is 0 Å². The van der Waals surface area contributed by atoms with E-state index >= 15 is 0 Å². The summed E-state index contributed by atoms with van der Waals surface area (Å²) in [6.07, 6.45) is 47.4. The molecular weight excluding hydrogens is 937 g/mol. The van der Waals surface area contributed by atoms with Gasteiger partial charge in [-0.2, -0.15) is 0 Å². The van der Waals surface area contributed by atoms with Gasteiger partial charge >= 0.3 is 0 Å². The molecule has 0 aromatic heterocycles. The smallest absolute Gasteiger partial charge is 0.0318 e. The van der Waals surface area contributed by atoms with E-state index in [0.29, 0.717) is 0 Å². The van der Waals surface area contributed by atoms with Crippen LogP contribution in [-0.2, 0) is 0 Å². The van der Waals surface area contributed by atoms with Gasteiger partial charge in [-0.3, -0.25) is 0 Å². The van der Waals surface area contributed by atoms with Crippen molar-refractivity contribution in [2.45, 2.75) is 248 Å². The molecule has 20 aliphatic carbocycles. The molecule has 0 aromatic carbocycles.